The van der Waals surface area contributed by atoms with E-state index in [-0.39, 0.29) is 5.91 Å². The average molecular weight is 437 g/mol. The van der Waals surface area contributed by atoms with Gasteiger partial charge in [-0.2, -0.15) is 15.0 Å². The molecule has 0 bridgehead atoms. The molecule has 0 N–H and O–H groups in total. The maximum atomic E-state index is 13.4. The Bertz CT molecular complexity index is 1180. The fraction of sp³-hybridized carbons (Fsp3) is 0.318. The van der Waals surface area contributed by atoms with Crippen LogP contribution in [0.5, 0.6) is 5.75 Å². The predicted molar refractivity (Wildman–Crippen MR) is 115 cm³/mol. The van der Waals surface area contributed by atoms with Gasteiger partial charge in [-0.15, -0.1) is 0 Å². The highest BCUT2D eigenvalue weighted by atomic mass is 35.5. The molecule has 0 saturated carbocycles. The maximum Gasteiger partial charge on any atom is 0.256 e. The molecule has 1 fully saturated rings. The Morgan fingerprint density at radius 2 is 2.03 bits per heavy atom. The second-order valence-corrected chi connectivity index (χ2v) is 8.25. The van der Waals surface area contributed by atoms with Crippen LogP contribution < -0.4 is 4.74 Å². The molecular weight excluding hydrogens is 416 g/mol. The SMILES string of the molecule is COc1ccc(C(=O)N2CC3C=C(c4nc(Cl)cnc4C)CC3C2)c(-n2nccn2)c1. The van der Waals surface area contributed by atoms with Gasteiger partial charge in [0.2, 0.25) is 0 Å². The Hall–Kier alpha value is -3.26. The van der Waals surface area contributed by atoms with Gasteiger partial charge < -0.3 is 9.64 Å². The van der Waals surface area contributed by atoms with E-state index in [1.807, 2.05) is 11.8 Å². The molecule has 31 heavy (non-hydrogen) atoms. The van der Waals surface area contributed by atoms with E-state index in [1.165, 1.54) is 10.4 Å². The lowest BCUT2D eigenvalue weighted by Crippen LogP contribution is -2.30. The zero-order valence-electron chi connectivity index (χ0n) is 17.2. The molecule has 9 heteroatoms. The zero-order valence-corrected chi connectivity index (χ0v) is 18.0. The molecule has 1 saturated heterocycles. The lowest BCUT2D eigenvalue weighted by Gasteiger charge is -2.19. The standard InChI is InChI=1S/C22H21ClN6O2/c1-13-21(27-20(23)10-24-13)14-7-15-11-28(12-16(15)8-14)22(30)18-4-3-17(31-2)9-19(18)29-25-5-6-26-29/h3-7,9-10,15-16H,8,11-12H2,1-2H3. The van der Waals surface area contributed by atoms with Crippen LogP contribution in [0, 0.1) is 18.8 Å². The van der Waals surface area contributed by atoms with Crippen LogP contribution in [0.1, 0.15) is 28.2 Å². The van der Waals surface area contributed by atoms with Crippen LogP contribution in [0.4, 0.5) is 0 Å². The number of nitrogens with zero attached hydrogens (tertiary/aromatic N) is 6. The van der Waals surface area contributed by atoms with E-state index >= 15 is 0 Å². The molecule has 8 nitrogen and oxygen atoms in total. The normalized spacial score (nSPS) is 20.0. The van der Waals surface area contributed by atoms with Crippen LogP contribution in [0.2, 0.25) is 5.15 Å². The van der Waals surface area contributed by atoms with Crippen LogP contribution in [-0.4, -0.2) is 56.0 Å². The van der Waals surface area contributed by atoms with Crippen LogP contribution in [0.3, 0.4) is 0 Å². The minimum absolute atomic E-state index is 0.0296. The molecule has 1 amide bonds. The number of halogens is 1. The molecule has 3 heterocycles. The van der Waals surface area contributed by atoms with Gasteiger partial charge in [0.15, 0.2) is 0 Å². The largest absolute Gasteiger partial charge is 0.497 e. The van der Waals surface area contributed by atoms with Gasteiger partial charge in [0.25, 0.3) is 5.91 Å². The maximum absolute atomic E-state index is 13.4. The van der Waals surface area contributed by atoms with Crippen LogP contribution in [0.25, 0.3) is 11.3 Å². The van der Waals surface area contributed by atoms with Crippen molar-refractivity contribution in [2.45, 2.75) is 13.3 Å². The summed E-state index contributed by atoms with van der Waals surface area (Å²) in [6, 6.07) is 5.35. The van der Waals surface area contributed by atoms with E-state index < -0.39 is 0 Å². The molecule has 2 unspecified atom stereocenters. The molecule has 2 aliphatic rings. The first-order valence-electron chi connectivity index (χ1n) is 10.1. The number of aryl methyl sites for hydroxylation is 1. The number of hydrogen-bond acceptors (Lipinski definition) is 6. The van der Waals surface area contributed by atoms with Gasteiger partial charge in [-0.05, 0) is 42.9 Å². The summed E-state index contributed by atoms with van der Waals surface area (Å²) in [5.74, 6) is 1.28. The van der Waals surface area contributed by atoms with Gasteiger partial charge in [0.05, 0.1) is 42.7 Å². The average Bonchev–Trinajstić information content (AvgIpc) is 3.51. The number of benzene rings is 1. The van der Waals surface area contributed by atoms with Gasteiger partial charge >= 0.3 is 0 Å². The molecular formula is C22H21ClN6O2. The Kier molecular flexibility index (Phi) is 4.94. The van der Waals surface area contributed by atoms with Crippen molar-refractivity contribution >= 4 is 23.1 Å². The van der Waals surface area contributed by atoms with E-state index in [0.29, 0.717) is 47.1 Å². The Morgan fingerprint density at radius 3 is 2.77 bits per heavy atom. The second kappa shape index (κ2) is 7.77. The highest BCUT2D eigenvalue weighted by Gasteiger charge is 2.39. The Labute approximate surface area is 184 Å². The van der Waals surface area contributed by atoms with E-state index in [9.17, 15) is 4.79 Å². The molecule has 2 aromatic heterocycles. The molecule has 1 aromatic carbocycles. The molecule has 0 radical (unpaired) electrons. The van der Waals surface area contributed by atoms with Crippen molar-refractivity contribution in [3.8, 4) is 11.4 Å². The molecule has 0 spiro atoms. The third-order valence-corrected chi connectivity index (χ3v) is 6.16. The van der Waals surface area contributed by atoms with Crippen molar-refractivity contribution in [3.63, 3.8) is 0 Å². The Balaban J connectivity index is 1.39. The summed E-state index contributed by atoms with van der Waals surface area (Å²) in [5, 5.41) is 8.79. The Morgan fingerprint density at radius 1 is 1.23 bits per heavy atom. The van der Waals surface area contributed by atoms with Crippen LogP contribution in [0.15, 0.2) is 42.9 Å². The summed E-state index contributed by atoms with van der Waals surface area (Å²) in [4.78, 5) is 25.5. The lowest BCUT2D eigenvalue weighted by molar-refractivity contribution is 0.0784. The number of carbonyl (C=O) groups excluding carboxylic acids is 1. The topological polar surface area (TPSA) is 86.0 Å². The summed E-state index contributed by atoms with van der Waals surface area (Å²) in [6.07, 6.45) is 7.83. The number of methoxy groups -OCH3 is 1. The van der Waals surface area contributed by atoms with E-state index in [4.69, 9.17) is 16.3 Å². The molecule has 5 rings (SSSR count). The summed E-state index contributed by atoms with van der Waals surface area (Å²) >= 11 is 6.05. The first-order chi connectivity index (χ1) is 15.0. The highest BCUT2D eigenvalue weighted by Crippen LogP contribution is 2.41. The smallest absolute Gasteiger partial charge is 0.256 e. The van der Waals surface area contributed by atoms with Crippen molar-refractivity contribution in [1.29, 1.82) is 0 Å². The fourth-order valence-electron chi connectivity index (χ4n) is 4.48. The van der Waals surface area contributed by atoms with Gasteiger partial charge in [0, 0.05) is 19.2 Å². The van der Waals surface area contributed by atoms with Crippen molar-refractivity contribution in [1.82, 2.24) is 29.9 Å². The van der Waals surface area contributed by atoms with Gasteiger partial charge in [-0.25, -0.2) is 4.98 Å². The number of amides is 1. The molecule has 1 aliphatic carbocycles. The third kappa shape index (κ3) is 3.57. The first-order valence-corrected chi connectivity index (χ1v) is 10.5. The van der Waals surface area contributed by atoms with Crippen LogP contribution in [-0.2, 0) is 0 Å². The number of hydrogen-bond donors (Lipinski definition) is 0. The van der Waals surface area contributed by atoms with Gasteiger partial charge in [-0.1, -0.05) is 17.7 Å². The molecule has 158 valence electrons. The van der Waals surface area contributed by atoms with Crippen molar-refractivity contribution < 1.29 is 9.53 Å². The van der Waals surface area contributed by atoms with Crippen molar-refractivity contribution in [3.05, 3.63) is 65.0 Å². The molecule has 1 aliphatic heterocycles. The molecule has 2 atom stereocenters. The number of allylic oxidation sites excluding steroid dienone is 1. The highest BCUT2D eigenvalue weighted by molar-refractivity contribution is 6.29. The van der Waals surface area contributed by atoms with Crippen molar-refractivity contribution in [2.24, 2.45) is 11.8 Å². The summed E-state index contributed by atoms with van der Waals surface area (Å²) < 4.78 is 5.32. The van der Waals surface area contributed by atoms with Gasteiger partial charge in [-0.3, -0.25) is 9.78 Å². The number of carbonyl (C=O) groups is 1. The van der Waals surface area contributed by atoms with Crippen molar-refractivity contribution in [2.75, 3.05) is 20.2 Å². The van der Waals surface area contributed by atoms with Gasteiger partial charge in [0.1, 0.15) is 16.6 Å². The summed E-state index contributed by atoms with van der Waals surface area (Å²) in [5.41, 5.74) is 4.06. The quantitative estimate of drug-likeness (QED) is 0.624. The third-order valence-electron chi connectivity index (χ3n) is 5.98. The minimum atomic E-state index is -0.0296. The predicted octanol–water partition coefficient (Wildman–Crippen LogP) is 3.20. The molecule has 3 aromatic rings. The number of ether oxygens (including phenoxy) is 1. The summed E-state index contributed by atoms with van der Waals surface area (Å²) in [7, 11) is 1.59. The lowest BCUT2D eigenvalue weighted by atomic mass is 9.99. The van der Waals surface area contributed by atoms with E-state index in [1.54, 1.807) is 43.9 Å². The minimum Gasteiger partial charge on any atom is -0.497 e. The number of likely N-dealkylation sites (tertiary alicyclic amines) is 1. The first kappa shape index (κ1) is 19.7. The second-order valence-electron chi connectivity index (χ2n) is 7.86. The fourth-order valence-corrected chi connectivity index (χ4v) is 4.61. The number of aromatic nitrogens is 5. The number of rotatable bonds is 4. The number of fused-ring (bicyclic) bond motifs is 1. The zero-order chi connectivity index (χ0) is 21.5. The van der Waals surface area contributed by atoms with Crippen LogP contribution >= 0.6 is 11.6 Å². The van der Waals surface area contributed by atoms with E-state index in [2.05, 4.69) is 26.2 Å². The van der Waals surface area contributed by atoms with E-state index in [0.717, 1.165) is 17.8 Å². The monoisotopic (exact) mass is 436 g/mol. The summed E-state index contributed by atoms with van der Waals surface area (Å²) in [6.45, 7) is 3.30.